The normalized spacial score (nSPS) is 16.7. The van der Waals surface area contributed by atoms with Crippen LogP contribution < -0.4 is 4.90 Å². The van der Waals surface area contributed by atoms with Gasteiger partial charge in [0, 0.05) is 31.1 Å². The monoisotopic (exact) mass is 310 g/mol. The van der Waals surface area contributed by atoms with E-state index in [9.17, 15) is 18.5 Å². The van der Waals surface area contributed by atoms with E-state index < -0.39 is 14.8 Å². The average molecular weight is 310 g/mol. The first-order valence-corrected chi connectivity index (χ1v) is 8.58. The van der Waals surface area contributed by atoms with Gasteiger partial charge in [0.1, 0.15) is 4.90 Å². The molecule has 1 aromatic rings. The molecule has 1 aliphatic rings. The van der Waals surface area contributed by atoms with Gasteiger partial charge in [0.15, 0.2) is 9.84 Å². The summed E-state index contributed by atoms with van der Waals surface area (Å²) in [4.78, 5) is 12.1. The molecule has 1 saturated heterocycles. The van der Waals surface area contributed by atoms with E-state index in [0.717, 1.165) is 32.2 Å². The second-order valence-electron chi connectivity index (χ2n) is 5.24. The zero-order valence-electron chi connectivity index (χ0n) is 11.9. The summed E-state index contributed by atoms with van der Waals surface area (Å²) in [7, 11) is -3.64. The van der Waals surface area contributed by atoms with Crippen molar-refractivity contribution in [3.05, 3.63) is 41.0 Å². The number of piperidine rings is 1. The third kappa shape index (κ3) is 3.41. The molecule has 0 N–H and O–H groups in total. The number of nitro groups is 1. The fraction of sp³-hybridized carbons (Fsp3) is 0.429. The lowest BCUT2D eigenvalue weighted by atomic mass is 9.97. The summed E-state index contributed by atoms with van der Waals surface area (Å²) in [5.74, 6) is 0.480. The van der Waals surface area contributed by atoms with Gasteiger partial charge in [0.25, 0.3) is 5.69 Å². The van der Waals surface area contributed by atoms with Gasteiger partial charge in [-0.3, -0.25) is 10.1 Å². The van der Waals surface area contributed by atoms with Crippen LogP contribution in [0.3, 0.4) is 0 Å². The molecule has 7 heteroatoms. The molecule has 0 saturated carbocycles. The lowest BCUT2D eigenvalue weighted by molar-refractivity contribution is -0.387. The molecular formula is C14H18N2O4S. The van der Waals surface area contributed by atoms with E-state index >= 15 is 0 Å². The van der Waals surface area contributed by atoms with Gasteiger partial charge in [-0.2, -0.15) is 0 Å². The summed E-state index contributed by atoms with van der Waals surface area (Å²) in [6.45, 7) is 5.37. The van der Waals surface area contributed by atoms with Crippen LogP contribution in [-0.2, 0) is 9.84 Å². The Kier molecular flexibility index (Phi) is 4.32. The molecule has 1 fully saturated rings. The number of benzene rings is 1. The van der Waals surface area contributed by atoms with E-state index in [4.69, 9.17) is 0 Å². The van der Waals surface area contributed by atoms with E-state index in [-0.39, 0.29) is 10.6 Å². The largest absolute Gasteiger partial charge is 0.371 e. The first kappa shape index (κ1) is 15.5. The van der Waals surface area contributed by atoms with Gasteiger partial charge in [0.2, 0.25) is 0 Å². The van der Waals surface area contributed by atoms with Crippen molar-refractivity contribution >= 4 is 21.2 Å². The van der Waals surface area contributed by atoms with Gasteiger partial charge >= 0.3 is 0 Å². The zero-order chi connectivity index (χ0) is 15.6. The van der Waals surface area contributed by atoms with Crippen LogP contribution in [0.5, 0.6) is 0 Å². The van der Waals surface area contributed by atoms with Crippen molar-refractivity contribution in [1.82, 2.24) is 0 Å². The smallest absolute Gasteiger partial charge is 0.288 e. The van der Waals surface area contributed by atoms with Crippen LogP contribution in [0.25, 0.3) is 0 Å². The summed E-state index contributed by atoms with van der Waals surface area (Å²) in [6.07, 6.45) is 4.83. The van der Waals surface area contributed by atoms with Crippen LogP contribution >= 0.6 is 0 Å². The van der Waals surface area contributed by atoms with Gasteiger partial charge in [-0.25, -0.2) is 8.42 Å². The molecule has 0 unspecified atom stereocenters. The second kappa shape index (κ2) is 5.85. The van der Waals surface area contributed by atoms with Gasteiger partial charge in [-0.1, -0.05) is 6.08 Å². The highest BCUT2D eigenvalue weighted by Crippen LogP contribution is 2.31. The van der Waals surface area contributed by atoms with Crippen molar-refractivity contribution in [2.45, 2.75) is 17.7 Å². The number of nitrogens with zero attached hydrogens (tertiary/aromatic N) is 2. The van der Waals surface area contributed by atoms with Crippen LogP contribution in [0.1, 0.15) is 12.8 Å². The molecule has 114 valence electrons. The molecule has 0 atom stereocenters. The van der Waals surface area contributed by atoms with Gasteiger partial charge < -0.3 is 4.90 Å². The van der Waals surface area contributed by atoms with Crippen molar-refractivity contribution in [3.63, 3.8) is 0 Å². The molecule has 0 bridgehead atoms. The number of hydrogen-bond donors (Lipinski definition) is 0. The van der Waals surface area contributed by atoms with E-state index in [1.807, 2.05) is 6.08 Å². The first-order valence-electron chi connectivity index (χ1n) is 6.69. The molecule has 0 amide bonds. The predicted molar refractivity (Wildman–Crippen MR) is 81.3 cm³/mol. The molecule has 0 aromatic heterocycles. The summed E-state index contributed by atoms with van der Waals surface area (Å²) >= 11 is 0. The summed E-state index contributed by atoms with van der Waals surface area (Å²) in [5, 5.41) is 11.0. The Labute approximate surface area is 124 Å². The Balaban J connectivity index is 2.35. The highest BCUT2D eigenvalue weighted by Gasteiger charge is 2.25. The molecule has 1 aromatic carbocycles. The number of nitro benzene ring substituents is 1. The molecule has 1 heterocycles. The van der Waals surface area contributed by atoms with E-state index in [2.05, 4.69) is 11.5 Å². The molecule has 0 aliphatic carbocycles. The fourth-order valence-electron chi connectivity index (χ4n) is 2.54. The quantitative estimate of drug-likeness (QED) is 0.484. The molecule has 2 rings (SSSR count). The van der Waals surface area contributed by atoms with E-state index in [1.54, 1.807) is 6.07 Å². The maximum Gasteiger partial charge on any atom is 0.288 e. The van der Waals surface area contributed by atoms with Crippen molar-refractivity contribution in [1.29, 1.82) is 0 Å². The number of allylic oxidation sites excluding steroid dienone is 1. The molecule has 21 heavy (non-hydrogen) atoms. The number of hydrogen-bond acceptors (Lipinski definition) is 5. The van der Waals surface area contributed by atoms with Crippen molar-refractivity contribution in [3.8, 4) is 0 Å². The predicted octanol–water partition coefficient (Wildman–Crippen LogP) is 2.40. The van der Waals surface area contributed by atoms with Gasteiger partial charge in [-0.05, 0) is 30.9 Å². The third-order valence-corrected chi connectivity index (χ3v) is 4.90. The number of sulfone groups is 1. The lowest BCUT2D eigenvalue weighted by Gasteiger charge is -2.32. The lowest BCUT2D eigenvalue weighted by Crippen LogP contribution is -2.33. The Bertz CT molecular complexity index is 662. The minimum absolute atomic E-state index is 0.226. The third-order valence-electron chi connectivity index (χ3n) is 3.78. The fourth-order valence-corrected chi connectivity index (χ4v) is 3.40. The van der Waals surface area contributed by atoms with Crippen LogP contribution in [-0.4, -0.2) is 32.7 Å². The Hall–Kier alpha value is -1.89. The average Bonchev–Trinajstić information content (AvgIpc) is 2.45. The van der Waals surface area contributed by atoms with E-state index in [1.165, 1.54) is 12.1 Å². The Morgan fingerprint density at radius 3 is 2.48 bits per heavy atom. The van der Waals surface area contributed by atoms with Gasteiger partial charge in [0.05, 0.1) is 4.92 Å². The summed E-state index contributed by atoms with van der Waals surface area (Å²) < 4.78 is 23.5. The minimum atomic E-state index is -3.64. The van der Waals surface area contributed by atoms with Crippen LogP contribution in [0.15, 0.2) is 35.7 Å². The number of rotatable bonds is 4. The van der Waals surface area contributed by atoms with Crippen LogP contribution in [0.4, 0.5) is 11.4 Å². The van der Waals surface area contributed by atoms with E-state index in [0.29, 0.717) is 11.6 Å². The van der Waals surface area contributed by atoms with Crippen LogP contribution in [0.2, 0.25) is 0 Å². The van der Waals surface area contributed by atoms with Crippen molar-refractivity contribution < 1.29 is 13.3 Å². The second-order valence-corrected chi connectivity index (χ2v) is 7.23. The zero-order valence-corrected chi connectivity index (χ0v) is 12.7. The van der Waals surface area contributed by atoms with Crippen molar-refractivity contribution in [2.24, 2.45) is 5.92 Å². The number of anilines is 1. The SMILES string of the molecule is C=CC1CCN(c2ccc([N+](=O)[O-])c(S(C)(=O)=O)c2)CC1. The van der Waals surface area contributed by atoms with Gasteiger partial charge in [-0.15, -0.1) is 6.58 Å². The maximum atomic E-state index is 11.8. The Morgan fingerprint density at radius 1 is 1.38 bits per heavy atom. The summed E-state index contributed by atoms with van der Waals surface area (Å²) in [5.41, 5.74) is 0.339. The maximum absolute atomic E-state index is 11.8. The molecule has 0 radical (unpaired) electrons. The molecule has 1 aliphatic heterocycles. The minimum Gasteiger partial charge on any atom is -0.371 e. The Morgan fingerprint density at radius 2 is 2.00 bits per heavy atom. The molecular weight excluding hydrogens is 292 g/mol. The molecule has 0 spiro atoms. The van der Waals surface area contributed by atoms with Crippen LogP contribution in [0, 0.1) is 16.0 Å². The standard InChI is InChI=1S/C14H18N2O4S/c1-3-11-6-8-15(9-7-11)12-4-5-13(16(17)18)14(10-12)21(2,19)20/h3-5,10-11H,1,6-9H2,2H3. The molecule has 6 nitrogen and oxygen atoms in total. The van der Waals surface area contributed by atoms with Crippen molar-refractivity contribution in [2.75, 3.05) is 24.2 Å². The highest BCUT2D eigenvalue weighted by atomic mass is 32.2. The first-order chi connectivity index (χ1) is 9.82. The summed E-state index contributed by atoms with van der Waals surface area (Å²) in [6, 6.07) is 4.29. The topological polar surface area (TPSA) is 80.5 Å². The highest BCUT2D eigenvalue weighted by molar-refractivity contribution is 7.90.